The Morgan fingerprint density at radius 1 is 1.22 bits per heavy atom. The highest BCUT2D eigenvalue weighted by Gasteiger charge is 2.54. The smallest absolute Gasteiger partial charge is 0.337 e. The summed E-state index contributed by atoms with van der Waals surface area (Å²) < 4.78 is 21.2. The zero-order valence-corrected chi connectivity index (χ0v) is 14.9. The third-order valence-electron chi connectivity index (χ3n) is 5.43. The molecule has 152 valence electrons. The van der Waals surface area contributed by atoms with E-state index in [4.69, 9.17) is 18.9 Å². The minimum absolute atomic E-state index is 0.102. The summed E-state index contributed by atoms with van der Waals surface area (Å²) in [5, 5.41) is 39.1. The van der Waals surface area contributed by atoms with Crippen LogP contribution in [0.1, 0.15) is 13.3 Å². The molecule has 0 aromatic rings. The zero-order valence-electron chi connectivity index (χ0n) is 14.9. The number of esters is 1. The van der Waals surface area contributed by atoms with Gasteiger partial charge in [-0.1, -0.05) is 6.92 Å². The third-order valence-corrected chi connectivity index (χ3v) is 5.43. The number of Topliss-reactive ketones (excluding diaryl/α,β-unsaturated/α-hetero) is 1. The van der Waals surface area contributed by atoms with Gasteiger partial charge in [-0.2, -0.15) is 0 Å². The number of hydrogen-bond donors (Lipinski definition) is 4. The molecule has 0 aromatic heterocycles. The van der Waals surface area contributed by atoms with Crippen LogP contribution in [0.2, 0.25) is 0 Å². The summed E-state index contributed by atoms with van der Waals surface area (Å²) in [4.78, 5) is 24.4. The molecule has 2 aliphatic heterocycles. The number of fused-ring (bicyclic) bond motifs is 1. The Hall–Kier alpha value is -1.56. The van der Waals surface area contributed by atoms with Crippen molar-refractivity contribution >= 4 is 11.8 Å². The van der Waals surface area contributed by atoms with E-state index in [0.717, 1.165) is 6.26 Å². The molecule has 0 radical (unpaired) electrons. The number of aliphatic hydroxyl groups is 4. The van der Waals surface area contributed by atoms with Gasteiger partial charge in [0.25, 0.3) is 0 Å². The van der Waals surface area contributed by atoms with E-state index >= 15 is 0 Å². The molecule has 2 heterocycles. The lowest BCUT2D eigenvalue weighted by molar-refractivity contribution is -0.342. The predicted molar refractivity (Wildman–Crippen MR) is 85.6 cm³/mol. The van der Waals surface area contributed by atoms with Crippen molar-refractivity contribution in [2.24, 2.45) is 17.8 Å². The summed E-state index contributed by atoms with van der Waals surface area (Å²) >= 11 is 0. The Balaban J connectivity index is 1.82. The molecule has 10 heteroatoms. The number of ether oxygens (including phenoxy) is 4. The molecule has 27 heavy (non-hydrogen) atoms. The SMILES string of the molecule is COC(=O)C1=CO[C@H](O[C@H]2O[C@@H](CO)[C@H](O)[C@@H](O)[C@H]2O)[C@@H]2[C@H]1C(=O)C[C@@H]2C. The summed E-state index contributed by atoms with van der Waals surface area (Å²) in [6, 6.07) is 0. The highest BCUT2D eigenvalue weighted by atomic mass is 16.8. The Bertz CT molecular complexity index is 617. The van der Waals surface area contributed by atoms with Crippen molar-refractivity contribution in [3.63, 3.8) is 0 Å². The van der Waals surface area contributed by atoms with Crippen molar-refractivity contribution in [2.75, 3.05) is 13.7 Å². The monoisotopic (exact) mass is 388 g/mol. The Labute approximate surface area is 155 Å². The van der Waals surface area contributed by atoms with Gasteiger partial charge < -0.3 is 39.4 Å². The molecule has 0 amide bonds. The van der Waals surface area contributed by atoms with Crippen LogP contribution >= 0.6 is 0 Å². The number of carbonyl (C=O) groups excluding carboxylic acids is 2. The quantitative estimate of drug-likeness (QED) is 0.400. The average molecular weight is 388 g/mol. The van der Waals surface area contributed by atoms with Crippen LogP contribution in [0, 0.1) is 17.8 Å². The van der Waals surface area contributed by atoms with Crippen LogP contribution in [0.3, 0.4) is 0 Å². The molecule has 1 saturated heterocycles. The fourth-order valence-electron chi connectivity index (χ4n) is 3.96. The van der Waals surface area contributed by atoms with Crippen molar-refractivity contribution in [1.29, 1.82) is 0 Å². The number of hydrogen-bond acceptors (Lipinski definition) is 10. The molecule has 1 aliphatic carbocycles. The number of aliphatic hydroxyl groups excluding tert-OH is 4. The first kappa shape index (κ1) is 20.2. The molecule has 0 bridgehead atoms. The first-order valence-corrected chi connectivity index (χ1v) is 8.72. The molecular weight excluding hydrogens is 364 g/mol. The lowest BCUT2D eigenvalue weighted by atomic mass is 9.83. The van der Waals surface area contributed by atoms with Crippen LogP contribution in [0.25, 0.3) is 0 Å². The van der Waals surface area contributed by atoms with Crippen molar-refractivity contribution in [2.45, 2.75) is 50.3 Å². The van der Waals surface area contributed by atoms with E-state index in [-0.39, 0.29) is 23.7 Å². The van der Waals surface area contributed by atoms with Crippen molar-refractivity contribution < 1.29 is 49.0 Å². The van der Waals surface area contributed by atoms with E-state index in [9.17, 15) is 30.0 Å². The largest absolute Gasteiger partial charge is 0.472 e. The molecule has 0 aromatic carbocycles. The van der Waals surface area contributed by atoms with E-state index in [1.165, 1.54) is 7.11 Å². The van der Waals surface area contributed by atoms with Crippen LogP contribution < -0.4 is 0 Å². The fourth-order valence-corrected chi connectivity index (χ4v) is 3.96. The van der Waals surface area contributed by atoms with Gasteiger partial charge >= 0.3 is 5.97 Å². The summed E-state index contributed by atoms with van der Waals surface area (Å²) in [5.74, 6) is -2.28. The third kappa shape index (κ3) is 3.48. The normalized spacial score (nSPS) is 44.3. The topological polar surface area (TPSA) is 152 Å². The van der Waals surface area contributed by atoms with Gasteiger partial charge in [-0.05, 0) is 5.92 Å². The van der Waals surface area contributed by atoms with Crippen LogP contribution in [-0.4, -0.2) is 82.9 Å². The van der Waals surface area contributed by atoms with Gasteiger partial charge in [0.2, 0.25) is 6.29 Å². The number of rotatable bonds is 4. The Morgan fingerprint density at radius 2 is 1.93 bits per heavy atom. The van der Waals surface area contributed by atoms with Gasteiger partial charge in [-0.15, -0.1) is 0 Å². The second-order valence-electron chi connectivity index (χ2n) is 7.11. The number of methoxy groups -OCH3 is 1. The van der Waals surface area contributed by atoms with Gasteiger partial charge in [0, 0.05) is 12.3 Å². The average Bonchev–Trinajstić information content (AvgIpc) is 2.96. The van der Waals surface area contributed by atoms with Crippen molar-refractivity contribution in [1.82, 2.24) is 0 Å². The maximum absolute atomic E-state index is 12.4. The number of carbonyl (C=O) groups is 2. The molecule has 9 atom stereocenters. The van der Waals surface area contributed by atoms with Crippen molar-refractivity contribution in [3.05, 3.63) is 11.8 Å². The van der Waals surface area contributed by atoms with Crippen LogP contribution in [-0.2, 0) is 28.5 Å². The van der Waals surface area contributed by atoms with Gasteiger partial charge in [-0.25, -0.2) is 4.79 Å². The molecule has 10 nitrogen and oxygen atoms in total. The minimum atomic E-state index is -1.59. The summed E-state index contributed by atoms with van der Waals surface area (Å²) in [6.07, 6.45) is -6.93. The molecule has 0 spiro atoms. The van der Waals surface area contributed by atoms with E-state index in [1.807, 2.05) is 6.92 Å². The predicted octanol–water partition coefficient (Wildman–Crippen LogP) is -1.94. The maximum Gasteiger partial charge on any atom is 0.337 e. The first-order valence-electron chi connectivity index (χ1n) is 8.72. The first-order chi connectivity index (χ1) is 12.8. The van der Waals surface area contributed by atoms with Gasteiger partial charge in [0.05, 0.1) is 31.5 Å². The summed E-state index contributed by atoms with van der Waals surface area (Å²) in [7, 11) is 1.21. The molecule has 0 unspecified atom stereocenters. The van der Waals surface area contributed by atoms with Gasteiger partial charge in [0.1, 0.15) is 30.2 Å². The second-order valence-corrected chi connectivity index (χ2v) is 7.11. The zero-order chi connectivity index (χ0) is 19.9. The second kappa shape index (κ2) is 7.82. The molecule has 1 saturated carbocycles. The highest BCUT2D eigenvalue weighted by molar-refractivity contribution is 5.99. The van der Waals surface area contributed by atoms with Crippen molar-refractivity contribution in [3.8, 4) is 0 Å². The Kier molecular flexibility index (Phi) is 5.84. The fraction of sp³-hybridized carbons (Fsp3) is 0.765. The molecule has 2 fully saturated rings. The lowest BCUT2D eigenvalue weighted by Gasteiger charge is -2.42. The van der Waals surface area contributed by atoms with E-state index in [1.54, 1.807) is 0 Å². The standard InChI is InChI=1S/C17H24O10/c1-6-3-8(19)11-7(15(23)24-2)5-25-16(10(6)11)27-17-14(22)13(21)12(20)9(4-18)26-17/h5-6,9-14,16-18,20-22H,3-4H2,1-2H3/t6-,9-,10-,11+,12-,13+,14+,16+,17+/m0/s1. The summed E-state index contributed by atoms with van der Waals surface area (Å²) in [5.41, 5.74) is 0.102. The highest BCUT2D eigenvalue weighted by Crippen LogP contribution is 2.45. The molecule has 4 N–H and O–H groups in total. The minimum Gasteiger partial charge on any atom is -0.472 e. The van der Waals surface area contributed by atoms with E-state index in [0.29, 0.717) is 0 Å². The Morgan fingerprint density at radius 3 is 2.56 bits per heavy atom. The van der Waals surface area contributed by atoms with Crippen LogP contribution in [0.15, 0.2) is 11.8 Å². The van der Waals surface area contributed by atoms with E-state index < -0.39 is 61.4 Å². The van der Waals surface area contributed by atoms with Crippen LogP contribution in [0.4, 0.5) is 0 Å². The van der Waals surface area contributed by atoms with Gasteiger partial charge in [-0.3, -0.25) is 4.79 Å². The number of ketones is 1. The lowest BCUT2D eigenvalue weighted by Crippen LogP contribution is -2.60. The summed E-state index contributed by atoms with van der Waals surface area (Å²) in [6.45, 7) is 1.22. The molecule has 3 rings (SSSR count). The maximum atomic E-state index is 12.4. The molecular formula is C17H24O10. The van der Waals surface area contributed by atoms with Gasteiger partial charge in [0.15, 0.2) is 6.29 Å². The molecule has 3 aliphatic rings. The van der Waals surface area contributed by atoms with Crippen LogP contribution in [0.5, 0.6) is 0 Å². The van der Waals surface area contributed by atoms with E-state index in [2.05, 4.69) is 0 Å².